The Kier molecular flexibility index (Phi) is 15.5. The Labute approximate surface area is 136 Å². The van der Waals surface area contributed by atoms with Gasteiger partial charge in [0.1, 0.15) is 0 Å². The lowest BCUT2D eigenvalue weighted by atomic mass is 9.88. The molecule has 7 N–H and O–H groups in total. The summed E-state index contributed by atoms with van der Waals surface area (Å²) in [5.74, 6) is 0. The van der Waals surface area contributed by atoms with Crippen molar-refractivity contribution in [2.24, 2.45) is 5.41 Å². The van der Waals surface area contributed by atoms with Gasteiger partial charge in [-0.1, -0.05) is 6.92 Å². The van der Waals surface area contributed by atoms with Gasteiger partial charge >= 0.3 is 7.82 Å². The lowest BCUT2D eigenvalue weighted by molar-refractivity contribution is 0.00304. The van der Waals surface area contributed by atoms with Crippen LogP contribution in [0.15, 0.2) is 0 Å². The Hall–Kier alpha value is -0.130. The second-order valence-electron chi connectivity index (χ2n) is 4.94. The Morgan fingerprint density at radius 1 is 0.913 bits per heavy atom. The van der Waals surface area contributed by atoms with Crippen molar-refractivity contribution < 1.29 is 44.4 Å². The summed E-state index contributed by atoms with van der Waals surface area (Å²) in [5, 5.41) is 43.2. The zero-order valence-corrected chi connectivity index (χ0v) is 14.3. The van der Waals surface area contributed by atoms with Crippen molar-refractivity contribution >= 4 is 7.82 Å². The third-order valence-corrected chi connectivity index (χ3v) is 3.77. The average Bonchev–Trinajstić information content (AvgIpc) is 2.50. The van der Waals surface area contributed by atoms with Crippen molar-refractivity contribution in [2.45, 2.75) is 13.3 Å². The van der Waals surface area contributed by atoms with Gasteiger partial charge < -0.3 is 35.3 Å². The summed E-state index contributed by atoms with van der Waals surface area (Å²) in [5.41, 5.74) is -0.667. The second-order valence-corrected chi connectivity index (χ2v) is 6.18. The number of aliphatic hydroxyl groups excluding tert-OH is 5. The second kappa shape index (κ2) is 14.2. The average molecular weight is 363 g/mol. The highest BCUT2D eigenvalue weighted by Crippen LogP contribution is 2.35. The van der Waals surface area contributed by atoms with Gasteiger partial charge in [-0.2, -0.15) is 0 Å². The fourth-order valence-corrected chi connectivity index (χ4v) is 1.71. The molecule has 0 aliphatic heterocycles. The minimum Gasteiger partial charge on any atom is -0.396 e. The molecule has 0 amide bonds. The molecule has 0 atom stereocenters. The van der Waals surface area contributed by atoms with E-state index < -0.39 is 13.2 Å². The van der Waals surface area contributed by atoms with Crippen LogP contribution in [-0.2, 0) is 9.09 Å². The summed E-state index contributed by atoms with van der Waals surface area (Å²) in [4.78, 5) is 18.4. The highest BCUT2D eigenvalue weighted by molar-refractivity contribution is 7.46. The molecule has 0 heterocycles. The standard InChI is InChI=1S/C6H16NO6P.C6H14O3/c8-4-1-7(2-5-9)3-6-13-14(10,11)12;1-2-6(3-7,4-8)5-9/h8-9H,1-6H2,(H2,10,11,12);7-9H,2-5H2,1H3. The van der Waals surface area contributed by atoms with E-state index in [1.807, 2.05) is 6.92 Å². The number of phosphoric ester groups is 1. The molecule has 0 saturated heterocycles. The van der Waals surface area contributed by atoms with Crippen molar-refractivity contribution in [2.75, 3.05) is 59.3 Å². The van der Waals surface area contributed by atoms with E-state index in [2.05, 4.69) is 4.52 Å². The fraction of sp³-hybridized carbons (Fsp3) is 1.00. The van der Waals surface area contributed by atoms with Gasteiger partial charge in [0.2, 0.25) is 0 Å². The lowest BCUT2D eigenvalue weighted by Gasteiger charge is -2.24. The Morgan fingerprint density at radius 3 is 1.57 bits per heavy atom. The van der Waals surface area contributed by atoms with Gasteiger partial charge in [0.15, 0.2) is 0 Å². The molecule has 10 nitrogen and oxygen atoms in total. The van der Waals surface area contributed by atoms with E-state index in [4.69, 9.17) is 35.3 Å². The third kappa shape index (κ3) is 14.0. The minimum atomic E-state index is -4.41. The van der Waals surface area contributed by atoms with E-state index in [-0.39, 0.29) is 46.2 Å². The van der Waals surface area contributed by atoms with Crippen molar-refractivity contribution in [1.29, 1.82) is 0 Å². The van der Waals surface area contributed by atoms with E-state index in [0.29, 0.717) is 19.5 Å². The van der Waals surface area contributed by atoms with Crippen molar-refractivity contribution in [3.05, 3.63) is 0 Å². The smallest absolute Gasteiger partial charge is 0.396 e. The predicted octanol–water partition coefficient (Wildman–Crippen LogP) is -2.26. The molecule has 23 heavy (non-hydrogen) atoms. The number of hydrogen-bond donors (Lipinski definition) is 7. The molecule has 0 fully saturated rings. The van der Waals surface area contributed by atoms with Gasteiger partial charge in [0.05, 0.1) is 39.6 Å². The first-order valence-corrected chi connectivity index (χ1v) is 8.74. The van der Waals surface area contributed by atoms with E-state index >= 15 is 0 Å². The van der Waals surface area contributed by atoms with Gasteiger partial charge in [0.25, 0.3) is 0 Å². The summed E-state index contributed by atoms with van der Waals surface area (Å²) in [7, 11) is -4.41. The first-order valence-electron chi connectivity index (χ1n) is 7.20. The first-order chi connectivity index (χ1) is 10.7. The summed E-state index contributed by atoms with van der Waals surface area (Å²) < 4.78 is 14.5. The molecule has 0 bridgehead atoms. The molecule has 0 aromatic heterocycles. The molecule has 0 spiro atoms. The largest absolute Gasteiger partial charge is 0.469 e. The maximum absolute atomic E-state index is 10.3. The Balaban J connectivity index is 0. The third-order valence-electron chi connectivity index (χ3n) is 3.26. The SMILES string of the molecule is CCC(CO)(CO)CO.O=P(O)(O)OCCN(CCO)CCO. The number of phosphoric acid groups is 1. The highest BCUT2D eigenvalue weighted by Gasteiger charge is 2.24. The number of nitrogens with zero attached hydrogens (tertiary/aromatic N) is 1. The molecule has 0 radical (unpaired) electrons. The van der Waals surface area contributed by atoms with Gasteiger partial charge in [-0.05, 0) is 6.42 Å². The Bertz CT molecular complexity index is 285. The van der Waals surface area contributed by atoms with Crippen molar-refractivity contribution in [3.8, 4) is 0 Å². The topological polar surface area (TPSA) is 171 Å². The summed E-state index contributed by atoms with van der Waals surface area (Å²) in [6.07, 6.45) is 0.594. The summed E-state index contributed by atoms with van der Waals surface area (Å²) in [6.45, 7) is 2.00. The zero-order chi connectivity index (χ0) is 18.4. The number of rotatable bonds is 12. The molecule has 142 valence electrons. The lowest BCUT2D eigenvalue weighted by Crippen LogP contribution is -2.32. The molecule has 11 heteroatoms. The summed E-state index contributed by atoms with van der Waals surface area (Å²) in [6, 6.07) is 0. The molecule has 0 saturated carbocycles. The van der Waals surface area contributed by atoms with Gasteiger partial charge in [0, 0.05) is 25.0 Å². The Morgan fingerprint density at radius 2 is 1.35 bits per heavy atom. The van der Waals surface area contributed by atoms with E-state index in [1.165, 1.54) is 0 Å². The minimum absolute atomic E-state index is 0.0735. The van der Waals surface area contributed by atoms with Crippen LogP contribution in [0, 0.1) is 5.41 Å². The number of aliphatic hydroxyl groups is 5. The highest BCUT2D eigenvalue weighted by atomic mass is 31.2. The van der Waals surface area contributed by atoms with Crippen LogP contribution < -0.4 is 0 Å². The molecule has 0 aromatic carbocycles. The van der Waals surface area contributed by atoms with Gasteiger partial charge in [-0.25, -0.2) is 4.57 Å². The fourth-order valence-electron chi connectivity index (χ4n) is 1.39. The molecular weight excluding hydrogens is 333 g/mol. The maximum Gasteiger partial charge on any atom is 0.469 e. The predicted molar refractivity (Wildman–Crippen MR) is 82.6 cm³/mol. The molecule has 0 aliphatic carbocycles. The molecular formula is C12H30NO9P. The monoisotopic (exact) mass is 363 g/mol. The van der Waals surface area contributed by atoms with Crippen molar-refractivity contribution in [1.82, 2.24) is 4.90 Å². The maximum atomic E-state index is 10.3. The number of hydrogen-bond acceptors (Lipinski definition) is 8. The molecule has 0 aliphatic rings. The van der Waals surface area contributed by atoms with Crippen LogP contribution in [0.1, 0.15) is 13.3 Å². The van der Waals surface area contributed by atoms with Crippen LogP contribution in [-0.4, -0.2) is 99.5 Å². The van der Waals surface area contributed by atoms with Crippen LogP contribution >= 0.6 is 7.82 Å². The molecule has 0 rings (SSSR count). The molecule has 0 aromatic rings. The zero-order valence-electron chi connectivity index (χ0n) is 13.4. The van der Waals surface area contributed by atoms with Crippen LogP contribution in [0.2, 0.25) is 0 Å². The van der Waals surface area contributed by atoms with Crippen LogP contribution in [0.3, 0.4) is 0 Å². The first kappa shape index (κ1) is 25.1. The quantitative estimate of drug-likeness (QED) is 0.188. The van der Waals surface area contributed by atoms with Crippen LogP contribution in [0.5, 0.6) is 0 Å². The van der Waals surface area contributed by atoms with E-state index in [1.54, 1.807) is 4.90 Å². The van der Waals surface area contributed by atoms with E-state index in [9.17, 15) is 4.57 Å². The molecule has 0 unspecified atom stereocenters. The van der Waals surface area contributed by atoms with Crippen molar-refractivity contribution in [3.63, 3.8) is 0 Å². The normalized spacial score (nSPS) is 12.2. The van der Waals surface area contributed by atoms with Crippen LogP contribution in [0.4, 0.5) is 0 Å². The van der Waals surface area contributed by atoms with Gasteiger partial charge in [-0.15, -0.1) is 0 Å². The van der Waals surface area contributed by atoms with E-state index in [0.717, 1.165) is 0 Å². The van der Waals surface area contributed by atoms with Gasteiger partial charge in [-0.3, -0.25) is 9.42 Å². The summed E-state index contributed by atoms with van der Waals surface area (Å²) >= 11 is 0. The van der Waals surface area contributed by atoms with Crippen LogP contribution in [0.25, 0.3) is 0 Å².